The van der Waals surface area contributed by atoms with Crippen molar-refractivity contribution in [3.63, 3.8) is 0 Å². The Morgan fingerprint density at radius 2 is 1.90 bits per heavy atom. The number of nitrogens with zero attached hydrogens (tertiary/aromatic N) is 3. The molecule has 0 fully saturated rings. The lowest BCUT2D eigenvalue weighted by molar-refractivity contribution is -0.120. The highest BCUT2D eigenvalue weighted by Crippen LogP contribution is 2.36. The van der Waals surface area contributed by atoms with Gasteiger partial charge in [-0.1, -0.05) is 59.3 Å². The summed E-state index contributed by atoms with van der Waals surface area (Å²) in [5.74, 6) is -0.542. The first kappa shape index (κ1) is 27.7. The second kappa shape index (κ2) is 12.9. The molecular weight excluding hydrogens is 545 g/mol. The molecule has 0 unspecified atom stereocenters. The third kappa shape index (κ3) is 7.37. The van der Waals surface area contributed by atoms with Crippen molar-refractivity contribution in [1.82, 2.24) is 15.6 Å². The number of methoxy groups -OCH3 is 1. The van der Waals surface area contributed by atoms with Gasteiger partial charge in [-0.15, -0.1) is 10.2 Å². The van der Waals surface area contributed by atoms with Crippen LogP contribution in [0.1, 0.15) is 32.1 Å². The molecule has 0 saturated carbocycles. The molecule has 0 atom stereocenters. The predicted octanol–water partition coefficient (Wildman–Crippen LogP) is 5.17. The molecule has 0 radical (unpaired) electrons. The SMILES string of the molecule is COc1cc(C=NNC(=O)Cc2nnc(NC(=O)c3ccccc3C)s2)cc(Cl)c1OCc1ccccc1F. The second-order valence-electron chi connectivity index (χ2n) is 8.15. The van der Waals surface area contributed by atoms with E-state index in [0.717, 1.165) is 16.9 Å². The third-order valence-electron chi connectivity index (χ3n) is 5.37. The number of carbonyl (C=O) groups is 2. The van der Waals surface area contributed by atoms with Crippen LogP contribution in [-0.4, -0.2) is 35.3 Å². The number of nitrogens with one attached hydrogen (secondary N) is 2. The van der Waals surface area contributed by atoms with E-state index in [1.807, 2.05) is 19.1 Å². The molecule has 3 aromatic carbocycles. The Morgan fingerprint density at radius 3 is 2.67 bits per heavy atom. The molecule has 4 aromatic rings. The third-order valence-corrected chi connectivity index (χ3v) is 6.49. The summed E-state index contributed by atoms with van der Waals surface area (Å²) >= 11 is 7.46. The number of hydrogen-bond donors (Lipinski definition) is 2. The first-order valence-corrected chi connectivity index (χ1v) is 12.8. The van der Waals surface area contributed by atoms with Crippen LogP contribution in [0.2, 0.25) is 5.02 Å². The Bertz CT molecular complexity index is 1530. The zero-order chi connectivity index (χ0) is 27.8. The average molecular weight is 568 g/mol. The molecule has 0 aliphatic heterocycles. The monoisotopic (exact) mass is 567 g/mol. The summed E-state index contributed by atoms with van der Waals surface area (Å²) in [5.41, 5.74) is 4.69. The number of aromatic nitrogens is 2. The van der Waals surface area contributed by atoms with Gasteiger partial charge in [-0.2, -0.15) is 5.10 Å². The molecule has 200 valence electrons. The number of amides is 2. The molecular formula is C27H23ClFN5O4S. The Morgan fingerprint density at radius 1 is 1.13 bits per heavy atom. The van der Waals surface area contributed by atoms with E-state index in [9.17, 15) is 14.0 Å². The Balaban J connectivity index is 1.32. The van der Waals surface area contributed by atoms with Crippen LogP contribution >= 0.6 is 22.9 Å². The van der Waals surface area contributed by atoms with Crippen molar-refractivity contribution in [2.45, 2.75) is 20.0 Å². The number of rotatable bonds is 10. The molecule has 2 amide bonds. The zero-order valence-corrected chi connectivity index (χ0v) is 22.5. The number of hydrogen-bond acceptors (Lipinski definition) is 8. The van der Waals surface area contributed by atoms with Crippen molar-refractivity contribution in [3.8, 4) is 11.5 Å². The van der Waals surface area contributed by atoms with Gasteiger partial charge in [0.15, 0.2) is 11.5 Å². The van der Waals surface area contributed by atoms with E-state index >= 15 is 0 Å². The first-order chi connectivity index (χ1) is 18.8. The van der Waals surface area contributed by atoms with Crippen LogP contribution in [0.5, 0.6) is 11.5 Å². The lowest BCUT2D eigenvalue weighted by Gasteiger charge is -2.13. The minimum atomic E-state index is -0.429. The van der Waals surface area contributed by atoms with Crippen molar-refractivity contribution < 1.29 is 23.5 Å². The van der Waals surface area contributed by atoms with Gasteiger partial charge in [-0.3, -0.25) is 14.9 Å². The van der Waals surface area contributed by atoms with Gasteiger partial charge >= 0.3 is 0 Å². The highest BCUT2D eigenvalue weighted by atomic mass is 35.5. The van der Waals surface area contributed by atoms with E-state index in [4.69, 9.17) is 21.1 Å². The topological polar surface area (TPSA) is 115 Å². The molecule has 1 aromatic heterocycles. The summed E-state index contributed by atoms with van der Waals surface area (Å²) in [6, 6.07) is 16.6. The van der Waals surface area contributed by atoms with E-state index in [2.05, 4.69) is 26.0 Å². The number of aryl methyl sites for hydroxylation is 1. The molecule has 9 nitrogen and oxygen atoms in total. The molecule has 4 rings (SSSR count). The number of carbonyl (C=O) groups excluding carboxylic acids is 2. The van der Waals surface area contributed by atoms with Gasteiger partial charge in [0.05, 0.1) is 24.8 Å². The maximum atomic E-state index is 13.9. The summed E-state index contributed by atoms with van der Waals surface area (Å²) in [6.07, 6.45) is 1.31. The summed E-state index contributed by atoms with van der Waals surface area (Å²) in [7, 11) is 1.45. The largest absolute Gasteiger partial charge is 0.493 e. The van der Waals surface area contributed by atoms with E-state index < -0.39 is 5.91 Å². The van der Waals surface area contributed by atoms with Gasteiger partial charge in [-0.05, 0) is 42.3 Å². The highest BCUT2D eigenvalue weighted by molar-refractivity contribution is 7.15. The van der Waals surface area contributed by atoms with Gasteiger partial charge in [-0.25, -0.2) is 9.82 Å². The van der Waals surface area contributed by atoms with Crippen molar-refractivity contribution in [3.05, 3.63) is 98.8 Å². The van der Waals surface area contributed by atoms with Crippen LogP contribution in [0, 0.1) is 12.7 Å². The highest BCUT2D eigenvalue weighted by Gasteiger charge is 2.15. The van der Waals surface area contributed by atoms with Gasteiger partial charge in [0.2, 0.25) is 11.0 Å². The van der Waals surface area contributed by atoms with Crippen LogP contribution < -0.4 is 20.2 Å². The van der Waals surface area contributed by atoms with Crippen molar-refractivity contribution >= 4 is 46.1 Å². The Labute approximate surface area is 232 Å². The maximum absolute atomic E-state index is 13.9. The summed E-state index contributed by atoms with van der Waals surface area (Å²) in [4.78, 5) is 24.8. The Hall–Kier alpha value is -4.35. The van der Waals surface area contributed by atoms with E-state index in [1.54, 1.807) is 42.5 Å². The second-order valence-corrected chi connectivity index (χ2v) is 9.62. The summed E-state index contributed by atoms with van der Waals surface area (Å²) in [6.45, 7) is 1.81. The van der Waals surface area contributed by atoms with Gasteiger partial charge in [0.1, 0.15) is 17.4 Å². The standard InChI is InChI=1S/C27H23ClFN5O4S/c1-16-7-3-5-9-19(16)26(36)31-27-34-33-24(39-27)13-23(35)32-30-14-17-11-20(28)25(22(12-17)37-2)38-15-18-8-4-6-10-21(18)29/h3-12,14H,13,15H2,1-2H3,(H,32,35)(H,31,34,36). The van der Waals surface area contributed by atoms with Gasteiger partial charge in [0, 0.05) is 11.1 Å². The predicted molar refractivity (Wildman–Crippen MR) is 147 cm³/mol. The fourth-order valence-electron chi connectivity index (χ4n) is 3.44. The number of hydrazone groups is 1. The molecule has 0 aliphatic rings. The molecule has 12 heteroatoms. The number of benzene rings is 3. The lowest BCUT2D eigenvalue weighted by atomic mass is 10.1. The molecule has 2 N–H and O–H groups in total. The minimum absolute atomic E-state index is 0.0326. The lowest BCUT2D eigenvalue weighted by Crippen LogP contribution is -2.19. The smallest absolute Gasteiger partial charge is 0.257 e. The number of halogens is 2. The molecule has 1 heterocycles. The molecule has 0 spiro atoms. The zero-order valence-electron chi connectivity index (χ0n) is 20.9. The van der Waals surface area contributed by atoms with Crippen molar-refractivity contribution in [2.24, 2.45) is 5.10 Å². The van der Waals surface area contributed by atoms with Crippen molar-refractivity contribution in [1.29, 1.82) is 0 Å². The molecule has 0 bridgehead atoms. The molecule has 39 heavy (non-hydrogen) atoms. The maximum Gasteiger partial charge on any atom is 0.257 e. The minimum Gasteiger partial charge on any atom is -0.493 e. The number of anilines is 1. The van der Waals surface area contributed by atoms with Crippen LogP contribution in [0.15, 0.2) is 65.8 Å². The fourth-order valence-corrected chi connectivity index (χ4v) is 4.45. The van der Waals surface area contributed by atoms with E-state index in [-0.39, 0.29) is 40.7 Å². The molecule has 0 aliphatic carbocycles. The fraction of sp³-hybridized carbons (Fsp3) is 0.148. The quantitative estimate of drug-likeness (QED) is 0.202. The van der Waals surface area contributed by atoms with Gasteiger partial charge < -0.3 is 9.47 Å². The first-order valence-electron chi connectivity index (χ1n) is 11.6. The van der Waals surface area contributed by atoms with Crippen LogP contribution in [0.4, 0.5) is 9.52 Å². The number of ether oxygens (including phenoxy) is 2. The van der Waals surface area contributed by atoms with Crippen LogP contribution in [0.25, 0.3) is 0 Å². The summed E-state index contributed by atoms with van der Waals surface area (Å²) < 4.78 is 24.9. The molecule has 0 saturated heterocycles. The van der Waals surface area contributed by atoms with E-state index in [1.165, 1.54) is 19.4 Å². The van der Waals surface area contributed by atoms with Crippen molar-refractivity contribution in [2.75, 3.05) is 12.4 Å². The average Bonchev–Trinajstić information content (AvgIpc) is 3.35. The summed E-state index contributed by atoms with van der Waals surface area (Å²) in [5, 5.41) is 15.4. The van der Waals surface area contributed by atoms with Crippen LogP contribution in [-0.2, 0) is 17.8 Å². The van der Waals surface area contributed by atoms with E-state index in [0.29, 0.717) is 27.4 Å². The van der Waals surface area contributed by atoms with Gasteiger partial charge in [0.25, 0.3) is 5.91 Å². The normalized spacial score (nSPS) is 10.9. The Kier molecular flexibility index (Phi) is 9.18. The van der Waals surface area contributed by atoms with Crippen LogP contribution in [0.3, 0.4) is 0 Å².